The average molecular weight is 176 g/mol. The number of aliphatic hydroxyl groups is 1. The molecule has 72 valence electrons. The largest absolute Gasteiger partial charge is 0.435 e. The third-order valence-corrected chi connectivity index (χ3v) is 0.689. The Kier molecular flexibility index (Phi) is 14.6. The molecule has 0 radical (unpaired) electrons. The van der Waals surface area contributed by atoms with E-state index in [2.05, 4.69) is 11.3 Å². The topological polar surface area (TPSA) is 55.8 Å². The molecule has 0 aliphatic carbocycles. The number of rotatable bonds is 4. The Morgan fingerprint density at radius 1 is 1.67 bits per heavy atom. The molecule has 4 heteroatoms. The molecule has 0 aromatic carbocycles. The minimum absolute atomic E-state index is 0.133. The molecule has 0 amide bonds. The van der Waals surface area contributed by atoms with Crippen LogP contribution in [0.15, 0.2) is 12.8 Å². The van der Waals surface area contributed by atoms with Gasteiger partial charge in [-0.1, -0.05) is 6.58 Å². The Labute approximate surface area is 72.8 Å². The minimum atomic E-state index is -0.329. The third-order valence-electron chi connectivity index (χ3n) is 0.689. The lowest BCUT2D eigenvalue weighted by Crippen LogP contribution is -1.96. The molecule has 0 aliphatic rings. The van der Waals surface area contributed by atoms with E-state index in [4.69, 9.17) is 9.84 Å². The molecule has 0 unspecified atom stereocenters. The number of aliphatic hydroxyl groups excluding tert-OH is 1. The van der Waals surface area contributed by atoms with E-state index in [0.29, 0.717) is 13.2 Å². The van der Waals surface area contributed by atoms with Crippen molar-refractivity contribution in [1.29, 1.82) is 0 Å². The summed E-state index contributed by atoms with van der Waals surface area (Å²) in [6.45, 7) is 7.67. The smallest absolute Gasteiger partial charge is 0.307 e. The second-order valence-electron chi connectivity index (χ2n) is 1.70. The molecule has 0 atom stereocenters. The fourth-order valence-electron chi connectivity index (χ4n) is 0.326. The van der Waals surface area contributed by atoms with Crippen molar-refractivity contribution in [2.75, 3.05) is 19.8 Å². The van der Waals surface area contributed by atoms with Crippen molar-refractivity contribution in [1.82, 2.24) is 0 Å². The van der Waals surface area contributed by atoms with Crippen LogP contribution in [-0.2, 0) is 14.3 Å². The van der Waals surface area contributed by atoms with Crippen molar-refractivity contribution < 1.29 is 19.4 Å². The highest BCUT2D eigenvalue weighted by molar-refractivity contribution is 5.66. The highest BCUT2D eigenvalue weighted by Crippen LogP contribution is 1.70. The molecule has 12 heavy (non-hydrogen) atoms. The first kappa shape index (κ1) is 13.7. The summed E-state index contributed by atoms with van der Waals surface area (Å²) in [6, 6.07) is 0. The summed E-state index contributed by atoms with van der Waals surface area (Å²) in [4.78, 5) is 9.75. The quantitative estimate of drug-likeness (QED) is 0.389. The van der Waals surface area contributed by atoms with Gasteiger partial charge in [0.2, 0.25) is 0 Å². The van der Waals surface area contributed by atoms with Crippen LogP contribution in [0.25, 0.3) is 0 Å². The minimum Gasteiger partial charge on any atom is -0.435 e. The van der Waals surface area contributed by atoms with Crippen LogP contribution < -0.4 is 0 Å². The van der Waals surface area contributed by atoms with Crippen LogP contribution in [0.5, 0.6) is 0 Å². The number of ether oxygens (including phenoxy) is 2. The van der Waals surface area contributed by atoms with E-state index in [1.54, 1.807) is 0 Å². The SMILES string of the molecule is C=COC(C)=O.CCOCCO. The summed E-state index contributed by atoms with van der Waals surface area (Å²) in [5, 5.41) is 8.07. The molecule has 4 nitrogen and oxygen atoms in total. The molecule has 0 aliphatic heterocycles. The molecule has 0 fully saturated rings. The van der Waals surface area contributed by atoms with Crippen LogP contribution in [-0.4, -0.2) is 30.9 Å². The number of hydrogen-bond acceptors (Lipinski definition) is 4. The predicted octanol–water partition coefficient (Wildman–Crippen LogP) is 0.708. The number of carbonyl (C=O) groups excluding carboxylic acids is 1. The van der Waals surface area contributed by atoms with Gasteiger partial charge in [0.15, 0.2) is 0 Å². The fraction of sp³-hybridized carbons (Fsp3) is 0.625. The summed E-state index contributed by atoms with van der Waals surface area (Å²) in [7, 11) is 0. The number of carbonyl (C=O) groups is 1. The molecular weight excluding hydrogens is 160 g/mol. The van der Waals surface area contributed by atoms with Gasteiger partial charge in [-0.3, -0.25) is 4.79 Å². The Bertz CT molecular complexity index is 108. The van der Waals surface area contributed by atoms with Gasteiger partial charge in [0.25, 0.3) is 0 Å². The highest BCUT2D eigenvalue weighted by Gasteiger charge is 1.79. The van der Waals surface area contributed by atoms with E-state index < -0.39 is 0 Å². The van der Waals surface area contributed by atoms with Crippen molar-refractivity contribution in [3.8, 4) is 0 Å². The lowest BCUT2D eigenvalue weighted by Gasteiger charge is -1.91. The van der Waals surface area contributed by atoms with Gasteiger partial charge >= 0.3 is 5.97 Å². The van der Waals surface area contributed by atoms with Crippen LogP contribution in [0, 0.1) is 0 Å². The van der Waals surface area contributed by atoms with Crippen LogP contribution >= 0.6 is 0 Å². The van der Waals surface area contributed by atoms with Crippen LogP contribution in [0.4, 0.5) is 0 Å². The highest BCUT2D eigenvalue weighted by atomic mass is 16.5. The van der Waals surface area contributed by atoms with Gasteiger partial charge in [-0.2, -0.15) is 0 Å². The van der Waals surface area contributed by atoms with Gasteiger partial charge in [-0.25, -0.2) is 0 Å². The van der Waals surface area contributed by atoms with Gasteiger partial charge in [-0.05, 0) is 6.92 Å². The standard InChI is InChI=1S/C4H6O2.C4H10O2/c1-3-6-4(2)5;1-2-6-4-3-5/h3H,1H2,2H3;5H,2-4H2,1H3. The fourth-order valence-corrected chi connectivity index (χ4v) is 0.326. The first-order valence-electron chi connectivity index (χ1n) is 3.65. The second kappa shape index (κ2) is 12.8. The molecule has 0 spiro atoms. The van der Waals surface area contributed by atoms with E-state index in [1.807, 2.05) is 6.92 Å². The van der Waals surface area contributed by atoms with E-state index in [-0.39, 0.29) is 12.6 Å². The zero-order valence-electron chi connectivity index (χ0n) is 7.58. The number of esters is 1. The Morgan fingerprint density at radius 2 is 2.25 bits per heavy atom. The molecular formula is C8H16O4. The van der Waals surface area contributed by atoms with Gasteiger partial charge in [-0.15, -0.1) is 0 Å². The molecule has 0 saturated carbocycles. The lowest BCUT2D eigenvalue weighted by atomic mass is 10.8. The third kappa shape index (κ3) is 22.9. The zero-order valence-corrected chi connectivity index (χ0v) is 7.58. The van der Waals surface area contributed by atoms with Crippen molar-refractivity contribution >= 4 is 5.97 Å². The Balaban J connectivity index is 0. The average Bonchev–Trinajstić information content (AvgIpc) is 2.02. The molecule has 0 saturated heterocycles. The van der Waals surface area contributed by atoms with Crippen molar-refractivity contribution in [2.45, 2.75) is 13.8 Å². The summed E-state index contributed by atoms with van der Waals surface area (Å²) < 4.78 is 8.90. The zero-order chi connectivity index (χ0) is 9.82. The molecule has 0 heterocycles. The van der Waals surface area contributed by atoms with E-state index >= 15 is 0 Å². The molecule has 0 aromatic heterocycles. The van der Waals surface area contributed by atoms with E-state index in [0.717, 1.165) is 6.26 Å². The summed E-state index contributed by atoms with van der Waals surface area (Å²) in [6.07, 6.45) is 1.10. The predicted molar refractivity (Wildman–Crippen MR) is 45.5 cm³/mol. The summed E-state index contributed by atoms with van der Waals surface area (Å²) in [5.74, 6) is -0.329. The maximum atomic E-state index is 9.75. The van der Waals surface area contributed by atoms with E-state index in [1.165, 1.54) is 6.92 Å². The first-order valence-corrected chi connectivity index (χ1v) is 3.65. The van der Waals surface area contributed by atoms with Crippen LogP contribution in [0.2, 0.25) is 0 Å². The lowest BCUT2D eigenvalue weighted by molar-refractivity contribution is -0.135. The molecule has 1 N–H and O–H groups in total. The van der Waals surface area contributed by atoms with Crippen molar-refractivity contribution in [3.63, 3.8) is 0 Å². The Hall–Kier alpha value is -0.870. The normalized spacial score (nSPS) is 7.92. The van der Waals surface area contributed by atoms with Crippen molar-refractivity contribution in [2.24, 2.45) is 0 Å². The molecule has 0 aromatic rings. The Morgan fingerprint density at radius 3 is 2.33 bits per heavy atom. The van der Waals surface area contributed by atoms with Gasteiger partial charge in [0, 0.05) is 13.5 Å². The second-order valence-corrected chi connectivity index (χ2v) is 1.70. The first-order chi connectivity index (χ1) is 5.68. The maximum absolute atomic E-state index is 9.75. The number of hydrogen-bond donors (Lipinski definition) is 1. The summed E-state index contributed by atoms with van der Waals surface area (Å²) >= 11 is 0. The van der Waals surface area contributed by atoms with Crippen molar-refractivity contribution in [3.05, 3.63) is 12.8 Å². The van der Waals surface area contributed by atoms with Gasteiger partial charge in [0.1, 0.15) is 0 Å². The van der Waals surface area contributed by atoms with Crippen LogP contribution in [0.1, 0.15) is 13.8 Å². The van der Waals surface area contributed by atoms with Gasteiger partial charge < -0.3 is 14.6 Å². The maximum Gasteiger partial charge on any atom is 0.307 e. The monoisotopic (exact) mass is 176 g/mol. The molecule has 0 rings (SSSR count). The molecule has 0 bridgehead atoms. The summed E-state index contributed by atoms with van der Waals surface area (Å²) in [5.41, 5.74) is 0. The van der Waals surface area contributed by atoms with E-state index in [9.17, 15) is 4.79 Å². The van der Waals surface area contributed by atoms with Crippen LogP contribution in [0.3, 0.4) is 0 Å². The van der Waals surface area contributed by atoms with Gasteiger partial charge in [0.05, 0.1) is 19.5 Å².